The number of aliphatic carboxylic acids is 1. The molecular weight excluding hydrogens is 1010 g/mol. The standard InChI is InChI=1S/C72H127NO8/c1-6-8-10-12-14-16-18-20-22-24-26-28-30-32-34-35-37-39-41-43-45-47-49-51-53-55-57-59-61-63-70(75)81-68(67-80-72(71(76)77)78-65-64-73(3,4)5)66-79-69(74)62-60-58-56-54-52-50-48-46-44-42-40-38-36-33-31-29-27-25-23-21-19-17-15-13-11-9-7-2/h8,10,14,16,19-22,25-28,31,33,68,72H,6-7,9,11-13,15,17-18,23-24,29-30,32,34-67H2,1-5H3/b10-8-,16-14-,21-19-,22-20-,27-25-,28-26-,33-31-. The fraction of sp³-hybridized carbons (Fsp3) is 0.764. The molecule has 81 heavy (non-hydrogen) atoms. The van der Waals surface area contributed by atoms with E-state index in [1.54, 1.807) is 0 Å². The van der Waals surface area contributed by atoms with Gasteiger partial charge in [0.1, 0.15) is 13.2 Å². The molecule has 0 aromatic rings. The Hall–Kier alpha value is -3.53. The summed E-state index contributed by atoms with van der Waals surface area (Å²) in [6, 6.07) is 0. The molecule has 0 aliphatic heterocycles. The van der Waals surface area contributed by atoms with Crippen molar-refractivity contribution < 1.29 is 42.9 Å². The van der Waals surface area contributed by atoms with E-state index in [0.717, 1.165) is 70.6 Å². The fourth-order valence-electron chi connectivity index (χ4n) is 9.48. The third kappa shape index (κ3) is 63.9. The normalized spacial score (nSPS) is 13.2. The molecule has 2 unspecified atom stereocenters. The molecule has 0 aromatic carbocycles. The van der Waals surface area contributed by atoms with E-state index >= 15 is 0 Å². The number of quaternary nitrogens is 1. The maximum absolute atomic E-state index is 12.9. The number of carboxylic acid groups (broad SMARTS) is 1. The number of carboxylic acids is 1. The zero-order valence-corrected chi connectivity index (χ0v) is 53.4. The Morgan fingerprint density at radius 1 is 0.383 bits per heavy atom. The Bertz CT molecular complexity index is 1600. The van der Waals surface area contributed by atoms with Gasteiger partial charge in [0.25, 0.3) is 0 Å². The van der Waals surface area contributed by atoms with Crippen LogP contribution in [-0.4, -0.2) is 82.3 Å². The molecular formula is C72H127NO8. The van der Waals surface area contributed by atoms with Gasteiger partial charge in [-0.1, -0.05) is 279 Å². The molecule has 0 N–H and O–H groups in total. The highest BCUT2D eigenvalue weighted by Gasteiger charge is 2.22. The number of carbonyl (C=O) groups excluding carboxylic acids is 3. The number of esters is 2. The Morgan fingerprint density at radius 3 is 1.05 bits per heavy atom. The van der Waals surface area contributed by atoms with Crippen molar-refractivity contribution in [3.8, 4) is 0 Å². The van der Waals surface area contributed by atoms with E-state index in [9.17, 15) is 19.5 Å². The molecule has 0 aromatic heterocycles. The predicted molar refractivity (Wildman–Crippen MR) is 343 cm³/mol. The first-order valence-corrected chi connectivity index (χ1v) is 33.7. The number of unbranched alkanes of at least 4 members (excludes halogenated alkanes) is 33. The molecule has 0 saturated heterocycles. The molecule has 0 spiro atoms. The maximum atomic E-state index is 12.9. The molecule has 0 saturated carbocycles. The largest absolute Gasteiger partial charge is 0.545 e. The van der Waals surface area contributed by atoms with Gasteiger partial charge < -0.3 is 33.3 Å². The van der Waals surface area contributed by atoms with E-state index in [1.165, 1.54) is 193 Å². The molecule has 9 nitrogen and oxygen atoms in total. The Balaban J connectivity index is 4.14. The van der Waals surface area contributed by atoms with Crippen LogP contribution in [0.15, 0.2) is 85.1 Å². The summed E-state index contributed by atoms with van der Waals surface area (Å²) in [6.45, 7) is 4.65. The predicted octanol–water partition coefficient (Wildman–Crippen LogP) is 19.4. The van der Waals surface area contributed by atoms with Crippen molar-refractivity contribution >= 4 is 17.9 Å². The van der Waals surface area contributed by atoms with Crippen LogP contribution >= 0.6 is 0 Å². The zero-order valence-electron chi connectivity index (χ0n) is 53.4. The van der Waals surface area contributed by atoms with Gasteiger partial charge in [-0.15, -0.1) is 0 Å². The summed E-state index contributed by atoms with van der Waals surface area (Å²) in [4.78, 5) is 37.5. The summed E-state index contributed by atoms with van der Waals surface area (Å²) >= 11 is 0. The second kappa shape index (κ2) is 62.5. The minimum Gasteiger partial charge on any atom is -0.545 e. The van der Waals surface area contributed by atoms with Crippen LogP contribution in [0.4, 0.5) is 0 Å². The van der Waals surface area contributed by atoms with Crippen LogP contribution in [0.25, 0.3) is 0 Å². The van der Waals surface area contributed by atoms with Crippen molar-refractivity contribution in [3.63, 3.8) is 0 Å². The van der Waals surface area contributed by atoms with Gasteiger partial charge in [0.2, 0.25) is 0 Å². The van der Waals surface area contributed by atoms with Crippen molar-refractivity contribution in [2.75, 3.05) is 47.5 Å². The summed E-state index contributed by atoms with van der Waals surface area (Å²) < 4.78 is 22.8. The molecule has 2 atom stereocenters. The molecule has 0 radical (unpaired) electrons. The lowest BCUT2D eigenvalue weighted by atomic mass is 10.0. The minimum absolute atomic E-state index is 0.146. The van der Waals surface area contributed by atoms with Crippen LogP contribution in [0.2, 0.25) is 0 Å². The van der Waals surface area contributed by atoms with E-state index in [0.29, 0.717) is 17.4 Å². The quantitative estimate of drug-likeness (QED) is 0.0195. The Morgan fingerprint density at radius 2 is 0.704 bits per heavy atom. The lowest BCUT2D eigenvalue weighted by Crippen LogP contribution is -2.44. The van der Waals surface area contributed by atoms with Gasteiger partial charge in [-0.25, -0.2) is 0 Å². The first kappa shape index (κ1) is 77.5. The van der Waals surface area contributed by atoms with Gasteiger partial charge >= 0.3 is 11.9 Å². The maximum Gasteiger partial charge on any atom is 0.306 e. The number of hydrogen-bond acceptors (Lipinski definition) is 8. The zero-order chi connectivity index (χ0) is 59.1. The summed E-state index contributed by atoms with van der Waals surface area (Å²) in [5.74, 6) is -2.28. The molecule has 0 amide bonds. The van der Waals surface area contributed by atoms with Gasteiger partial charge in [0.05, 0.1) is 40.3 Å². The fourth-order valence-corrected chi connectivity index (χ4v) is 9.48. The van der Waals surface area contributed by atoms with Crippen LogP contribution in [0, 0.1) is 0 Å². The van der Waals surface area contributed by atoms with E-state index in [4.69, 9.17) is 18.9 Å². The minimum atomic E-state index is -1.62. The van der Waals surface area contributed by atoms with Crippen LogP contribution in [0.3, 0.4) is 0 Å². The molecule has 0 aliphatic rings. The summed E-state index contributed by atoms with van der Waals surface area (Å²) in [7, 11) is 5.93. The second-order valence-corrected chi connectivity index (χ2v) is 23.7. The first-order valence-electron chi connectivity index (χ1n) is 33.7. The highest BCUT2D eigenvalue weighted by molar-refractivity contribution is 5.70. The SMILES string of the molecule is CC/C=C\C/C=C\C/C=C\C/C=C\CCCCCCCCCCCCCCCCCCC(=O)OC(COC(=O)CCCCCCCCCCCCCC/C=C\C/C=C\C/C=C\CCCCCCC)COC(OCC[N+](C)(C)C)C(=O)[O-]. The number of carbonyl (C=O) groups is 3. The average molecular weight is 1130 g/mol. The molecule has 0 heterocycles. The number of hydrogen-bond donors (Lipinski definition) is 0. The van der Waals surface area contributed by atoms with Crippen LogP contribution in [-0.2, 0) is 33.3 Å². The van der Waals surface area contributed by atoms with Crippen molar-refractivity contribution in [1.82, 2.24) is 0 Å². The van der Waals surface area contributed by atoms with E-state index < -0.39 is 24.3 Å². The van der Waals surface area contributed by atoms with Gasteiger partial charge in [-0.2, -0.15) is 0 Å². The Kier molecular flexibility index (Phi) is 59.8. The van der Waals surface area contributed by atoms with Gasteiger partial charge in [0, 0.05) is 12.8 Å². The van der Waals surface area contributed by atoms with Gasteiger partial charge in [0.15, 0.2) is 12.4 Å². The van der Waals surface area contributed by atoms with Crippen LogP contribution in [0.1, 0.15) is 296 Å². The smallest absolute Gasteiger partial charge is 0.306 e. The molecule has 9 heteroatoms. The topological polar surface area (TPSA) is 111 Å². The first-order chi connectivity index (χ1) is 39.6. The van der Waals surface area contributed by atoms with Crippen LogP contribution in [0.5, 0.6) is 0 Å². The Labute approximate surface area is 500 Å². The number of ether oxygens (including phenoxy) is 4. The molecule has 0 aliphatic carbocycles. The molecule has 468 valence electrons. The van der Waals surface area contributed by atoms with Crippen molar-refractivity contribution in [2.45, 2.75) is 309 Å². The molecule has 0 rings (SSSR count). The van der Waals surface area contributed by atoms with Gasteiger partial charge in [-0.3, -0.25) is 9.59 Å². The summed E-state index contributed by atoms with van der Waals surface area (Å²) in [6.07, 6.45) is 80.8. The summed E-state index contributed by atoms with van der Waals surface area (Å²) in [5.41, 5.74) is 0. The van der Waals surface area contributed by atoms with Crippen molar-refractivity contribution in [1.29, 1.82) is 0 Å². The van der Waals surface area contributed by atoms with Crippen molar-refractivity contribution in [3.05, 3.63) is 85.1 Å². The molecule has 0 fully saturated rings. The lowest BCUT2D eigenvalue weighted by Gasteiger charge is -2.26. The van der Waals surface area contributed by atoms with Crippen LogP contribution < -0.4 is 5.11 Å². The second-order valence-electron chi connectivity index (χ2n) is 23.7. The monoisotopic (exact) mass is 1130 g/mol. The van der Waals surface area contributed by atoms with E-state index in [1.807, 2.05) is 21.1 Å². The highest BCUT2D eigenvalue weighted by atomic mass is 16.7. The third-order valence-corrected chi connectivity index (χ3v) is 14.6. The molecule has 0 bridgehead atoms. The number of likely N-dealkylation sites (N-methyl/N-ethyl adjacent to an activating group) is 1. The number of allylic oxidation sites excluding steroid dienone is 14. The summed E-state index contributed by atoms with van der Waals surface area (Å²) in [5, 5.41) is 11.8. The van der Waals surface area contributed by atoms with E-state index in [2.05, 4.69) is 98.9 Å². The highest BCUT2D eigenvalue weighted by Crippen LogP contribution is 2.17. The third-order valence-electron chi connectivity index (χ3n) is 14.6. The number of nitrogens with zero attached hydrogens (tertiary/aromatic N) is 1. The number of rotatable bonds is 62. The van der Waals surface area contributed by atoms with Gasteiger partial charge in [-0.05, 0) is 89.9 Å². The lowest BCUT2D eigenvalue weighted by molar-refractivity contribution is -0.870. The van der Waals surface area contributed by atoms with Crippen molar-refractivity contribution in [2.24, 2.45) is 0 Å². The van der Waals surface area contributed by atoms with E-state index in [-0.39, 0.29) is 38.6 Å². The average Bonchev–Trinajstić information content (AvgIpc) is 3.44.